The van der Waals surface area contributed by atoms with Crippen LogP contribution in [0.1, 0.15) is 61.5 Å². The normalized spacial score (nSPS) is 12.9. The average molecular weight is 409 g/mol. The molecule has 3 aromatic rings. The van der Waals surface area contributed by atoms with Crippen LogP contribution in [-0.4, -0.2) is 31.8 Å². The minimum Gasteiger partial charge on any atom is -0.347 e. The standard InChI is InChI=1S/C22H28N6O2/c1-3-17(21-23-9-10-24-21)27-19(29)13-15-5-7-16(8-6-15)14-20(30)28-18(4-2)22-25-11-12-26-22/h5-12,17-18H,3-4,13-14H2,1-2H3,(H,23,24)(H,25,26)(H,27,29)(H,28,30). The molecule has 1 aromatic carbocycles. The number of H-pyrrole nitrogens is 2. The number of nitrogens with zero attached hydrogens (tertiary/aromatic N) is 2. The van der Waals surface area contributed by atoms with E-state index in [-0.39, 0.29) is 36.7 Å². The number of aromatic amines is 2. The van der Waals surface area contributed by atoms with Gasteiger partial charge in [0, 0.05) is 24.8 Å². The van der Waals surface area contributed by atoms with Gasteiger partial charge in [0.05, 0.1) is 24.9 Å². The number of hydrogen-bond acceptors (Lipinski definition) is 4. The van der Waals surface area contributed by atoms with Crippen molar-refractivity contribution in [3.8, 4) is 0 Å². The Kier molecular flexibility index (Phi) is 7.37. The number of nitrogens with one attached hydrogen (secondary N) is 4. The van der Waals surface area contributed by atoms with Gasteiger partial charge in [-0.1, -0.05) is 38.1 Å². The second-order valence-electron chi connectivity index (χ2n) is 7.18. The van der Waals surface area contributed by atoms with E-state index in [1.165, 1.54) is 0 Å². The van der Waals surface area contributed by atoms with E-state index in [1.807, 2.05) is 38.1 Å². The first kappa shape index (κ1) is 21.3. The van der Waals surface area contributed by atoms with Crippen LogP contribution in [-0.2, 0) is 22.4 Å². The summed E-state index contributed by atoms with van der Waals surface area (Å²) in [7, 11) is 0. The summed E-state index contributed by atoms with van der Waals surface area (Å²) in [6.45, 7) is 4.00. The molecule has 2 atom stereocenters. The Morgan fingerprint density at radius 3 is 1.50 bits per heavy atom. The van der Waals surface area contributed by atoms with Crippen molar-refractivity contribution in [2.75, 3.05) is 0 Å². The summed E-state index contributed by atoms with van der Waals surface area (Å²) < 4.78 is 0. The zero-order valence-electron chi connectivity index (χ0n) is 17.3. The fourth-order valence-electron chi connectivity index (χ4n) is 3.30. The lowest BCUT2D eigenvalue weighted by molar-refractivity contribution is -0.122. The van der Waals surface area contributed by atoms with Gasteiger partial charge in [-0.05, 0) is 24.0 Å². The molecule has 3 rings (SSSR count). The molecule has 4 N–H and O–H groups in total. The molecule has 2 aromatic heterocycles. The quantitative estimate of drug-likeness (QED) is 0.413. The van der Waals surface area contributed by atoms with E-state index < -0.39 is 0 Å². The summed E-state index contributed by atoms with van der Waals surface area (Å²) in [6.07, 6.45) is 8.91. The molecule has 0 saturated carbocycles. The first-order valence-corrected chi connectivity index (χ1v) is 10.2. The number of carbonyl (C=O) groups is 2. The predicted octanol–water partition coefficient (Wildman–Crippen LogP) is 2.75. The Morgan fingerprint density at radius 2 is 1.20 bits per heavy atom. The highest BCUT2D eigenvalue weighted by Gasteiger charge is 2.16. The maximum absolute atomic E-state index is 12.4. The third kappa shape index (κ3) is 5.79. The van der Waals surface area contributed by atoms with Gasteiger partial charge in [-0.15, -0.1) is 0 Å². The topological polar surface area (TPSA) is 116 Å². The number of hydrogen-bond donors (Lipinski definition) is 4. The van der Waals surface area contributed by atoms with Gasteiger partial charge < -0.3 is 20.6 Å². The zero-order valence-corrected chi connectivity index (χ0v) is 17.3. The van der Waals surface area contributed by atoms with Gasteiger partial charge in [-0.3, -0.25) is 9.59 Å². The van der Waals surface area contributed by atoms with Crippen molar-refractivity contribution in [1.82, 2.24) is 30.6 Å². The fourth-order valence-corrected chi connectivity index (χ4v) is 3.30. The minimum absolute atomic E-state index is 0.0621. The molecule has 0 bridgehead atoms. The van der Waals surface area contributed by atoms with Crippen LogP contribution in [0.5, 0.6) is 0 Å². The number of amides is 2. The molecule has 8 nitrogen and oxygen atoms in total. The van der Waals surface area contributed by atoms with E-state index in [0.29, 0.717) is 0 Å². The van der Waals surface area contributed by atoms with Crippen molar-refractivity contribution < 1.29 is 9.59 Å². The minimum atomic E-state index is -0.129. The first-order valence-electron chi connectivity index (χ1n) is 10.2. The summed E-state index contributed by atoms with van der Waals surface area (Å²) in [5.41, 5.74) is 1.79. The van der Waals surface area contributed by atoms with E-state index in [2.05, 4.69) is 30.6 Å². The number of carbonyl (C=O) groups excluding carboxylic acids is 2. The van der Waals surface area contributed by atoms with Gasteiger partial charge in [0.2, 0.25) is 11.8 Å². The zero-order chi connectivity index (χ0) is 21.3. The van der Waals surface area contributed by atoms with Crippen LogP contribution < -0.4 is 10.6 Å². The number of imidazole rings is 2. The first-order chi connectivity index (χ1) is 14.6. The number of benzene rings is 1. The molecule has 0 aliphatic rings. The molecular formula is C22H28N6O2. The molecule has 30 heavy (non-hydrogen) atoms. The van der Waals surface area contributed by atoms with Crippen LogP contribution in [0, 0.1) is 0 Å². The van der Waals surface area contributed by atoms with Crippen molar-refractivity contribution in [2.24, 2.45) is 0 Å². The van der Waals surface area contributed by atoms with Crippen LogP contribution in [0.4, 0.5) is 0 Å². The van der Waals surface area contributed by atoms with Gasteiger partial charge >= 0.3 is 0 Å². The molecule has 0 fully saturated rings. The Morgan fingerprint density at radius 1 is 0.800 bits per heavy atom. The van der Waals surface area contributed by atoms with E-state index in [9.17, 15) is 9.59 Å². The fraction of sp³-hybridized carbons (Fsp3) is 0.364. The molecule has 158 valence electrons. The van der Waals surface area contributed by atoms with Crippen molar-refractivity contribution >= 4 is 11.8 Å². The molecule has 0 aliphatic heterocycles. The van der Waals surface area contributed by atoms with E-state index >= 15 is 0 Å². The summed E-state index contributed by atoms with van der Waals surface area (Å²) in [5.74, 6) is 1.39. The highest BCUT2D eigenvalue weighted by Crippen LogP contribution is 2.14. The molecule has 0 aliphatic carbocycles. The van der Waals surface area contributed by atoms with Gasteiger partial charge in [0.15, 0.2) is 0 Å². The van der Waals surface area contributed by atoms with E-state index in [1.54, 1.807) is 24.8 Å². The van der Waals surface area contributed by atoms with Crippen molar-refractivity contribution in [2.45, 2.75) is 51.6 Å². The lowest BCUT2D eigenvalue weighted by Crippen LogP contribution is -2.30. The molecule has 2 amide bonds. The maximum Gasteiger partial charge on any atom is 0.225 e. The Labute approximate surface area is 175 Å². The lowest BCUT2D eigenvalue weighted by atomic mass is 10.1. The molecule has 0 saturated heterocycles. The monoisotopic (exact) mass is 408 g/mol. The van der Waals surface area contributed by atoms with Crippen molar-refractivity contribution in [3.63, 3.8) is 0 Å². The molecular weight excluding hydrogens is 380 g/mol. The highest BCUT2D eigenvalue weighted by atomic mass is 16.2. The van der Waals surface area contributed by atoms with Crippen LogP contribution in [0.25, 0.3) is 0 Å². The molecule has 2 heterocycles. The van der Waals surface area contributed by atoms with Crippen LogP contribution >= 0.6 is 0 Å². The third-order valence-electron chi connectivity index (χ3n) is 4.94. The second kappa shape index (κ2) is 10.4. The Hall–Kier alpha value is -3.42. The second-order valence-corrected chi connectivity index (χ2v) is 7.18. The van der Waals surface area contributed by atoms with Gasteiger partial charge in [0.1, 0.15) is 11.6 Å². The molecule has 0 spiro atoms. The summed E-state index contributed by atoms with van der Waals surface area (Å²) in [5, 5.41) is 6.00. The number of rotatable bonds is 10. The molecule has 2 unspecified atom stereocenters. The smallest absolute Gasteiger partial charge is 0.225 e. The van der Waals surface area contributed by atoms with E-state index in [0.717, 1.165) is 35.6 Å². The Bertz CT molecular complexity index is 842. The van der Waals surface area contributed by atoms with Crippen molar-refractivity contribution in [1.29, 1.82) is 0 Å². The highest BCUT2D eigenvalue weighted by molar-refractivity contribution is 5.80. The van der Waals surface area contributed by atoms with Gasteiger partial charge in [0.25, 0.3) is 0 Å². The SMILES string of the molecule is CCC(NC(=O)Cc1ccc(CC(=O)NC(CC)c2ncc[nH]2)cc1)c1ncc[nH]1. The maximum atomic E-state index is 12.4. The molecule has 8 heteroatoms. The van der Waals surface area contributed by atoms with Gasteiger partial charge in [-0.25, -0.2) is 9.97 Å². The lowest BCUT2D eigenvalue weighted by Gasteiger charge is -2.15. The van der Waals surface area contributed by atoms with Crippen LogP contribution in [0.3, 0.4) is 0 Å². The average Bonchev–Trinajstić information content (AvgIpc) is 3.46. The number of aromatic nitrogens is 4. The van der Waals surface area contributed by atoms with Crippen LogP contribution in [0.15, 0.2) is 49.1 Å². The predicted molar refractivity (Wildman–Crippen MR) is 113 cm³/mol. The van der Waals surface area contributed by atoms with E-state index in [4.69, 9.17) is 0 Å². The Balaban J connectivity index is 1.50. The molecule has 0 radical (unpaired) electrons. The van der Waals surface area contributed by atoms with Crippen molar-refractivity contribution in [3.05, 3.63) is 71.8 Å². The summed E-state index contributed by atoms with van der Waals surface area (Å²) >= 11 is 0. The largest absolute Gasteiger partial charge is 0.347 e. The summed E-state index contributed by atoms with van der Waals surface area (Å²) in [6, 6.07) is 7.30. The van der Waals surface area contributed by atoms with Gasteiger partial charge in [-0.2, -0.15) is 0 Å². The third-order valence-corrected chi connectivity index (χ3v) is 4.94. The van der Waals surface area contributed by atoms with Crippen LogP contribution in [0.2, 0.25) is 0 Å². The summed E-state index contributed by atoms with van der Waals surface area (Å²) in [4.78, 5) is 39.3.